The van der Waals surface area contributed by atoms with Gasteiger partial charge in [0.05, 0.1) is 19.0 Å². The molecule has 0 radical (unpaired) electrons. The highest BCUT2D eigenvalue weighted by Crippen LogP contribution is 2.29. The summed E-state index contributed by atoms with van der Waals surface area (Å²) < 4.78 is 0.515. The van der Waals surface area contributed by atoms with Crippen LogP contribution in [0.25, 0.3) is 0 Å². The third-order valence-electron chi connectivity index (χ3n) is 1.36. The van der Waals surface area contributed by atoms with Gasteiger partial charge in [0.15, 0.2) is 0 Å². The van der Waals surface area contributed by atoms with Crippen LogP contribution in [-0.2, 0) is 0 Å². The second-order valence-electron chi connectivity index (χ2n) is 3.20. The van der Waals surface area contributed by atoms with Gasteiger partial charge in [-0.05, 0) is 29.8 Å². The van der Waals surface area contributed by atoms with E-state index in [0.717, 1.165) is 9.63 Å². The van der Waals surface area contributed by atoms with Crippen LogP contribution in [-0.4, -0.2) is 26.4 Å². The summed E-state index contributed by atoms with van der Waals surface area (Å²) in [6, 6.07) is 0. The topological polar surface area (TPSA) is 46.0 Å². The SMILES string of the molecule is CC(C)(CO)Sc1cnc(Br)cn1. The molecule has 5 heteroatoms. The predicted molar refractivity (Wildman–Crippen MR) is 56.8 cm³/mol. The first kappa shape index (κ1) is 10.9. The van der Waals surface area contributed by atoms with Gasteiger partial charge in [0.2, 0.25) is 0 Å². The van der Waals surface area contributed by atoms with Crippen molar-refractivity contribution in [1.82, 2.24) is 9.97 Å². The molecule has 0 saturated heterocycles. The lowest BCUT2D eigenvalue weighted by Gasteiger charge is -2.19. The van der Waals surface area contributed by atoms with Gasteiger partial charge in [0, 0.05) is 4.75 Å². The minimum absolute atomic E-state index is 0.120. The van der Waals surface area contributed by atoms with Crippen LogP contribution in [0.1, 0.15) is 13.8 Å². The lowest BCUT2D eigenvalue weighted by atomic mass is 10.2. The predicted octanol–water partition coefficient (Wildman–Crippen LogP) is 2.10. The quantitative estimate of drug-likeness (QED) is 0.848. The Hall–Kier alpha value is -0.130. The number of nitrogens with zero attached hydrogens (tertiary/aromatic N) is 2. The summed E-state index contributed by atoms with van der Waals surface area (Å²) in [5.41, 5.74) is 0. The number of hydrogen-bond acceptors (Lipinski definition) is 4. The number of rotatable bonds is 3. The number of halogens is 1. The third-order valence-corrected chi connectivity index (χ3v) is 2.87. The molecule has 1 N–H and O–H groups in total. The highest BCUT2D eigenvalue weighted by atomic mass is 79.9. The summed E-state index contributed by atoms with van der Waals surface area (Å²) in [7, 11) is 0. The van der Waals surface area contributed by atoms with Crippen molar-refractivity contribution in [3.8, 4) is 0 Å². The molecule has 72 valence electrons. The largest absolute Gasteiger partial charge is 0.395 e. The maximum absolute atomic E-state index is 9.03. The van der Waals surface area contributed by atoms with Crippen LogP contribution in [0.2, 0.25) is 0 Å². The van der Waals surface area contributed by atoms with E-state index in [1.54, 1.807) is 12.4 Å². The van der Waals surface area contributed by atoms with Crippen molar-refractivity contribution in [2.24, 2.45) is 0 Å². The second-order valence-corrected chi connectivity index (χ2v) is 5.74. The van der Waals surface area contributed by atoms with Crippen LogP contribution < -0.4 is 0 Å². The molecule has 1 aromatic rings. The van der Waals surface area contributed by atoms with E-state index in [4.69, 9.17) is 5.11 Å². The van der Waals surface area contributed by atoms with E-state index < -0.39 is 0 Å². The molecule has 0 aliphatic carbocycles. The molecule has 3 nitrogen and oxygen atoms in total. The van der Waals surface area contributed by atoms with Gasteiger partial charge in [0.1, 0.15) is 9.63 Å². The van der Waals surface area contributed by atoms with Gasteiger partial charge < -0.3 is 5.11 Å². The molecule has 0 spiro atoms. The Labute approximate surface area is 90.1 Å². The molecule has 1 aromatic heterocycles. The molecule has 0 aromatic carbocycles. The molecule has 0 aliphatic heterocycles. The van der Waals surface area contributed by atoms with Crippen molar-refractivity contribution in [2.45, 2.75) is 23.6 Å². The fraction of sp³-hybridized carbons (Fsp3) is 0.500. The maximum atomic E-state index is 9.03. The van der Waals surface area contributed by atoms with Crippen molar-refractivity contribution in [2.75, 3.05) is 6.61 Å². The Morgan fingerprint density at radius 2 is 2.15 bits per heavy atom. The smallest absolute Gasteiger partial charge is 0.124 e. The molecule has 13 heavy (non-hydrogen) atoms. The molecule has 0 saturated carbocycles. The van der Waals surface area contributed by atoms with E-state index in [9.17, 15) is 0 Å². The molecule has 0 aliphatic rings. The number of aliphatic hydroxyl groups excluding tert-OH is 1. The summed E-state index contributed by atoms with van der Waals surface area (Å²) in [5, 5.41) is 9.85. The Kier molecular flexibility index (Phi) is 3.70. The van der Waals surface area contributed by atoms with Gasteiger partial charge in [0.25, 0.3) is 0 Å². The van der Waals surface area contributed by atoms with Crippen molar-refractivity contribution >= 4 is 27.7 Å². The van der Waals surface area contributed by atoms with Crippen LogP contribution in [0.3, 0.4) is 0 Å². The van der Waals surface area contributed by atoms with Crippen molar-refractivity contribution in [3.63, 3.8) is 0 Å². The molecule has 1 rings (SSSR count). The summed E-state index contributed by atoms with van der Waals surface area (Å²) in [6.45, 7) is 4.04. The fourth-order valence-electron chi connectivity index (χ4n) is 0.668. The van der Waals surface area contributed by atoms with E-state index in [2.05, 4.69) is 25.9 Å². The molecular formula is C8H11BrN2OS. The van der Waals surface area contributed by atoms with Crippen LogP contribution in [0.5, 0.6) is 0 Å². The summed E-state index contributed by atoms with van der Waals surface area (Å²) in [4.78, 5) is 8.20. The fourth-order valence-corrected chi connectivity index (χ4v) is 1.71. The first-order valence-corrected chi connectivity index (χ1v) is 5.42. The molecule has 0 atom stereocenters. The zero-order chi connectivity index (χ0) is 9.90. The number of aliphatic hydroxyl groups is 1. The van der Waals surface area contributed by atoms with E-state index in [0.29, 0.717) is 0 Å². The minimum Gasteiger partial charge on any atom is -0.395 e. The zero-order valence-corrected chi connectivity index (χ0v) is 9.89. The molecule has 0 unspecified atom stereocenters. The van der Waals surface area contributed by atoms with Crippen molar-refractivity contribution in [1.29, 1.82) is 0 Å². The molecule has 0 amide bonds. The monoisotopic (exact) mass is 262 g/mol. The number of hydrogen-bond donors (Lipinski definition) is 1. The summed E-state index contributed by atoms with van der Waals surface area (Å²) in [5.74, 6) is 0. The van der Waals surface area contributed by atoms with E-state index in [1.165, 1.54) is 11.8 Å². The highest BCUT2D eigenvalue weighted by Gasteiger charge is 2.18. The van der Waals surface area contributed by atoms with Crippen LogP contribution in [0, 0.1) is 0 Å². The standard InChI is InChI=1S/C8H11BrN2OS/c1-8(2,5-12)13-7-4-10-6(9)3-11-7/h3-4,12H,5H2,1-2H3. The van der Waals surface area contributed by atoms with Crippen LogP contribution in [0.15, 0.2) is 22.0 Å². The van der Waals surface area contributed by atoms with E-state index in [1.807, 2.05) is 13.8 Å². The van der Waals surface area contributed by atoms with Gasteiger partial charge in [-0.1, -0.05) is 11.8 Å². The molecule has 1 heterocycles. The lowest BCUT2D eigenvalue weighted by Crippen LogP contribution is -2.19. The van der Waals surface area contributed by atoms with Gasteiger partial charge in [-0.15, -0.1) is 0 Å². The molecule has 0 fully saturated rings. The summed E-state index contributed by atoms with van der Waals surface area (Å²) >= 11 is 4.72. The van der Waals surface area contributed by atoms with Gasteiger partial charge >= 0.3 is 0 Å². The second kappa shape index (κ2) is 4.39. The zero-order valence-electron chi connectivity index (χ0n) is 7.49. The van der Waals surface area contributed by atoms with Gasteiger partial charge in [-0.3, -0.25) is 0 Å². The van der Waals surface area contributed by atoms with E-state index in [-0.39, 0.29) is 11.4 Å². The van der Waals surface area contributed by atoms with Crippen molar-refractivity contribution in [3.05, 3.63) is 17.0 Å². The van der Waals surface area contributed by atoms with Crippen molar-refractivity contribution < 1.29 is 5.11 Å². The lowest BCUT2D eigenvalue weighted by molar-refractivity contribution is 0.265. The Morgan fingerprint density at radius 3 is 2.62 bits per heavy atom. The normalized spacial score (nSPS) is 11.7. The minimum atomic E-state index is -0.206. The van der Waals surface area contributed by atoms with E-state index >= 15 is 0 Å². The van der Waals surface area contributed by atoms with Crippen LogP contribution >= 0.6 is 27.7 Å². The Morgan fingerprint density at radius 1 is 1.46 bits per heavy atom. The molecule has 0 bridgehead atoms. The Balaban J connectivity index is 2.69. The Bertz CT molecular complexity index is 276. The average Bonchev–Trinajstić information content (AvgIpc) is 2.09. The highest BCUT2D eigenvalue weighted by molar-refractivity contribution is 9.10. The average molecular weight is 263 g/mol. The molecular weight excluding hydrogens is 252 g/mol. The first-order valence-electron chi connectivity index (χ1n) is 3.81. The van der Waals surface area contributed by atoms with Crippen LogP contribution in [0.4, 0.5) is 0 Å². The number of aromatic nitrogens is 2. The summed E-state index contributed by atoms with van der Waals surface area (Å²) in [6.07, 6.45) is 3.34. The maximum Gasteiger partial charge on any atom is 0.124 e. The van der Waals surface area contributed by atoms with Gasteiger partial charge in [-0.25, -0.2) is 9.97 Å². The van der Waals surface area contributed by atoms with Gasteiger partial charge in [-0.2, -0.15) is 0 Å². The first-order chi connectivity index (χ1) is 6.03. The number of thioether (sulfide) groups is 1. The third kappa shape index (κ3) is 3.62.